The third-order valence-corrected chi connectivity index (χ3v) is 2.50. The van der Waals surface area contributed by atoms with Crippen LogP contribution >= 0.6 is 0 Å². The van der Waals surface area contributed by atoms with Gasteiger partial charge in [-0.1, -0.05) is 13.8 Å². The summed E-state index contributed by atoms with van der Waals surface area (Å²) in [5.41, 5.74) is 10.8. The number of rotatable bonds is 4. The van der Waals surface area contributed by atoms with Crippen molar-refractivity contribution in [2.45, 2.75) is 33.2 Å². The van der Waals surface area contributed by atoms with E-state index in [0.717, 1.165) is 17.5 Å². The Morgan fingerprint density at radius 1 is 1.47 bits per heavy atom. The quantitative estimate of drug-likeness (QED) is 0.518. The summed E-state index contributed by atoms with van der Waals surface area (Å²) in [5, 5.41) is 0. The third kappa shape index (κ3) is 2.91. The van der Waals surface area contributed by atoms with Crippen LogP contribution in [0.5, 0.6) is 0 Å². The fraction of sp³-hybridized carbons (Fsp3) is 0.545. The van der Waals surface area contributed by atoms with Crippen LogP contribution in [0.1, 0.15) is 37.4 Å². The molecule has 0 spiro atoms. The molecule has 4 heteroatoms. The van der Waals surface area contributed by atoms with Crippen molar-refractivity contribution in [2.24, 2.45) is 11.8 Å². The van der Waals surface area contributed by atoms with Crippen LogP contribution in [0.4, 0.5) is 5.82 Å². The van der Waals surface area contributed by atoms with E-state index in [4.69, 9.17) is 11.6 Å². The maximum Gasteiger partial charge on any atom is 0.128 e. The number of hydrazine groups is 1. The van der Waals surface area contributed by atoms with Gasteiger partial charge >= 0.3 is 0 Å². The number of nitrogen functional groups attached to an aromatic ring is 1. The Hall–Kier alpha value is -1.13. The van der Waals surface area contributed by atoms with E-state index >= 15 is 0 Å². The zero-order valence-electron chi connectivity index (χ0n) is 9.62. The van der Waals surface area contributed by atoms with Gasteiger partial charge in [-0.05, 0) is 30.9 Å². The summed E-state index contributed by atoms with van der Waals surface area (Å²) in [6.07, 6.45) is 2.67. The number of pyridine rings is 1. The third-order valence-electron chi connectivity index (χ3n) is 2.50. The molecule has 0 amide bonds. The van der Waals surface area contributed by atoms with Crippen LogP contribution in [-0.4, -0.2) is 4.98 Å². The molecule has 1 rings (SSSR count). The van der Waals surface area contributed by atoms with Crippen molar-refractivity contribution in [1.82, 2.24) is 10.4 Å². The van der Waals surface area contributed by atoms with Crippen molar-refractivity contribution in [3.8, 4) is 0 Å². The summed E-state index contributed by atoms with van der Waals surface area (Å²) in [4.78, 5) is 4.10. The molecule has 5 N–H and O–H groups in total. The summed E-state index contributed by atoms with van der Waals surface area (Å²) in [7, 11) is 0. The Balaban J connectivity index is 3.00. The van der Waals surface area contributed by atoms with E-state index in [2.05, 4.69) is 24.3 Å². The van der Waals surface area contributed by atoms with Gasteiger partial charge in [-0.15, -0.1) is 0 Å². The molecule has 0 aromatic carbocycles. The molecule has 0 radical (unpaired) electrons. The van der Waals surface area contributed by atoms with E-state index in [1.54, 1.807) is 6.20 Å². The van der Waals surface area contributed by atoms with Crippen LogP contribution in [0.3, 0.4) is 0 Å². The van der Waals surface area contributed by atoms with Gasteiger partial charge in [0, 0.05) is 11.8 Å². The van der Waals surface area contributed by atoms with Crippen LogP contribution < -0.4 is 17.0 Å². The van der Waals surface area contributed by atoms with Gasteiger partial charge in [0.25, 0.3) is 0 Å². The first-order chi connectivity index (χ1) is 7.06. The number of aryl methyl sites for hydroxylation is 1. The van der Waals surface area contributed by atoms with Crippen LogP contribution in [0.15, 0.2) is 12.3 Å². The van der Waals surface area contributed by atoms with E-state index in [9.17, 15) is 0 Å². The molecule has 1 heterocycles. The highest BCUT2D eigenvalue weighted by molar-refractivity contribution is 5.45. The zero-order valence-corrected chi connectivity index (χ0v) is 9.62. The first-order valence-electron chi connectivity index (χ1n) is 5.23. The molecule has 0 aliphatic carbocycles. The normalized spacial score (nSPS) is 13.1. The Bertz CT molecular complexity index is 302. The lowest BCUT2D eigenvalue weighted by atomic mass is 9.95. The van der Waals surface area contributed by atoms with E-state index in [-0.39, 0.29) is 6.04 Å². The van der Waals surface area contributed by atoms with E-state index in [1.165, 1.54) is 0 Å². The minimum Gasteiger partial charge on any atom is -0.383 e. The second-order valence-corrected chi connectivity index (χ2v) is 4.28. The number of nitrogens with two attached hydrogens (primary N) is 2. The molecule has 84 valence electrons. The maximum absolute atomic E-state index is 5.87. The minimum absolute atomic E-state index is 0.0821. The van der Waals surface area contributed by atoms with Crippen LogP contribution in [0.25, 0.3) is 0 Å². The lowest BCUT2D eigenvalue weighted by molar-refractivity contribution is 0.437. The van der Waals surface area contributed by atoms with Crippen molar-refractivity contribution in [2.75, 3.05) is 5.73 Å². The van der Waals surface area contributed by atoms with Crippen LogP contribution in [0.2, 0.25) is 0 Å². The molecule has 4 nitrogen and oxygen atoms in total. The number of hydrogen-bond acceptors (Lipinski definition) is 4. The zero-order chi connectivity index (χ0) is 11.4. The lowest BCUT2D eigenvalue weighted by Crippen LogP contribution is -2.30. The van der Waals surface area contributed by atoms with Gasteiger partial charge in [-0.3, -0.25) is 11.3 Å². The molecule has 1 aromatic heterocycles. The fourth-order valence-electron chi connectivity index (χ4n) is 1.78. The fourth-order valence-corrected chi connectivity index (χ4v) is 1.78. The first-order valence-corrected chi connectivity index (χ1v) is 5.23. The molecule has 1 aromatic rings. The van der Waals surface area contributed by atoms with Crippen molar-refractivity contribution >= 4 is 5.82 Å². The predicted octanol–water partition coefficient (Wildman–Crippen LogP) is 1.52. The number of anilines is 1. The van der Waals surface area contributed by atoms with Gasteiger partial charge in [-0.25, -0.2) is 4.98 Å². The number of hydrogen-bond donors (Lipinski definition) is 3. The number of nitrogens with one attached hydrogen (secondary N) is 1. The molecule has 0 saturated heterocycles. The topological polar surface area (TPSA) is 77.0 Å². The smallest absolute Gasteiger partial charge is 0.128 e. The van der Waals surface area contributed by atoms with Gasteiger partial charge in [0.15, 0.2) is 0 Å². The molecule has 15 heavy (non-hydrogen) atoms. The van der Waals surface area contributed by atoms with Crippen molar-refractivity contribution in [3.63, 3.8) is 0 Å². The van der Waals surface area contributed by atoms with E-state index < -0.39 is 0 Å². The standard InChI is InChI=1S/C11H20N4/c1-7(2)6-9(15-13)10-8(3)4-5-14-11(10)12/h4-5,7,9,15H,6,13H2,1-3H3,(H2,12,14). The van der Waals surface area contributed by atoms with Crippen LogP contribution in [-0.2, 0) is 0 Å². The molecule has 0 fully saturated rings. The Morgan fingerprint density at radius 2 is 2.13 bits per heavy atom. The summed E-state index contributed by atoms with van der Waals surface area (Å²) < 4.78 is 0. The Kier molecular flexibility index (Phi) is 4.05. The molecular weight excluding hydrogens is 188 g/mol. The highest BCUT2D eigenvalue weighted by Gasteiger charge is 2.17. The maximum atomic E-state index is 5.87. The Morgan fingerprint density at radius 3 is 2.60 bits per heavy atom. The van der Waals surface area contributed by atoms with Crippen LogP contribution in [0, 0.1) is 12.8 Å². The summed E-state index contributed by atoms with van der Waals surface area (Å²) in [6.45, 7) is 6.34. The van der Waals surface area contributed by atoms with E-state index in [0.29, 0.717) is 11.7 Å². The molecule has 1 unspecified atom stereocenters. The second kappa shape index (κ2) is 5.09. The van der Waals surface area contributed by atoms with Gasteiger partial charge < -0.3 is 5.73 Å². The van der Waals surface area contributed by atoms with Crippen molar-refractivity contribution in [1.29, 1.82) is 0 Å². The average molecular weight is 208 g/mol. The summed E-state index contributed by atoms with van der Waals surface area (Å²) in [5.74, 6) is 6.69. The van der Waals surface area contributed by atoms with Crippen molar-refractivity contribution in [3.05, 3.63) is 23.4 Å². The molecule has 0 aliphatic heterocycles. The monoisotopic (exact) mass is 208 g/mol. The SMILES string of the molecule is Cc1ccnc(N)c1C(CC(C)C)NN. The van der Waals surface area contributed by atoms with Gasteiger partial charge in [0.2, 0.25) is 0 Å². The van der Waals surface area contributed by atoms with Gasteiger partial charge in [0.1, 0.15) is 5.82 Å². The second-order valence-electron chi connectivity index (χ2n) is 4.28. The predicted molar refractivity (Wildman–Crippen MR) is 62.9 cm³/mol. The summed E-state index contributed by atoms with van der Waals surface area (Å²) >= 11 is 0. The lowest BCUT2D eigenvalue weighted by Gasteiger charge is -2.21. The first kappa shape index (κ1) is 11.9. The summed E-state index contributed by atoms with van der Waals surface area (Å²) in [6, 6.07) is 2.04. The minimum atomic E-state index is 0.0821. The number of nitrogens with zero attached hydrogens (tertiary/aromatic N) is 1. The average Bonchev–Trinajstić information content (AvgIpc) is 2.15. The van der Waals surface area contributed by atoms with Gasteiger partial charge in [-0.2, -0.15) is 0 Å². The van der Waals surface area contributed by atoms with Crippen molar-refractivity contribution < 1.29 is 0 Å². The van der Waals surface area contributed by atoms with Gasteiger partial charge in [0.05, 0.1) is 6.04 Å². The largest absolute Gasteiger partial charge is 0.383 e. The Labute approximate surface area is 91.0 Å². The number of aromatic nitrogens is 1. The highest BCUT2D eigenvalue weighted by Crippen LogP contribution is 2.26. The highest BCUT2D eigenvalue weighted by atomic mass is 15.2. The molecule has 0 aliphatic rings. The molecule has 1 atom stereocenters. The van der Waals surface area contributed by atoms with E-state index in [1.807, 2.05) is 13.0 Å². The molecular formula is C11H20N4. The molecule has 0 bridgehead atoms. The molecule has 0 saturated carbocycles.